The minimum Gasteiger partial charge on any atom is -0.463 e. The molecule has 0 aliphatic heterocycles. The Morgan fingerprint density at radius 3 is 3.00 bits per heavy atom. The van der Waals surface area contributed by atoms with Gasteiger partial charge in [-0.3, -0.25) is 0 Å². The summed E-state index contributed by atoms with van der Waals surface area (Å²) in [6, 6.07) is 7.97. The summed E-state index contributed by atoms with van der Waals surface area (Å²) in [7, 11) is 0. The Bertz CT molecular complexity index is 572. The van der Waals surface area contributed by atoms with Gasteiger partial charge in [0, 0.05) is 0 Å². The predicted molar refractivity (Wildman–Crippen MR) is 69.0 cm³/mol. The molecule has 1 aromatic heterocycles. The molecule has 0 aliphatic carbocycles. The summed E-state index contributed by atoms with van der Waals surface area (Å²) in [5.41, 5.74) is 2.11. The summed E-state index contributed by atoms with van der Waals surface area (Å²) < 4.78 is 8.93. The molecule has 1 heterocycles. The molecule has 0 bridgehead atoms. The van der Waals surface area contributed by atoms with Crippen molar-refractivity contribution in [2.24, 2.45) is 0 Å². The zero-order chi connectivity index (χ0) is 13.0. The van der Waals surface area contributed by atoms with Gasteiger partial charge in [0.05, 0.1) is 6.61 Å². The van der Waals surface area contributed by atoms with Gasteiger partial charge in [-0.15, -0.1) is 0 Å². The fourth-order valence-electron chi connectivity index (χ4n) is 2.00. The molecule has 0 saturated carbocycles. The number of imidazole rings is 1. The van der Waals surface area contributed by atoms with Gasteiger partial charge in [-0.25, -0.2) is 13.9 Å². The predicted octanol–water partition coefficient (Wildman–Crippen LogP) is 1.68. The number of hydrogen-bond donors (Lipinski definition) is 0. The molecular formula is C14H17N2O2+. The van der Waals surface area contributed by atoms with E-state index in [1.165, 1.54) is 0 Å². The lowest BCUT2D eigenvalue weighted by molar-refractivity contribution is -0.660. The first-order valence-corrected chi connectivity index (χ1v) is 6.00. The van der Waals surface area contributed by atoms with Crippen LogP contribution >= 0.6 is 0 Å². The van der Waals surface area contributed by atoms with Crippen LogP contribution in [0.15, 0.2) is 43.2 Å². The van der Waals surface area contributed by atoms with Gasteiger partial charge in [0.2, 0.25) is 6.33 Å². The molecule has 2 aromatic rings. The Labute approximate surface area is 106 Å². The zero-order valence-electron chi connectivity index (χ0n) is 10.5. The Kier molecular flexibility index (Phi) is 3.77. The number of carbonyl (C=O) groups is 1. The average Bonchev–Trinajstić information content (AvgIpc) is 2.69. The molecule has 0 radical (unpaired) electrons. The van der Waals surface area contributed by atoms with E-state index in [4.69, 9.17) is 4.74 Å². The van der Waals surface area contributed by atoms with Gasteiger partial charge in [-0.05, 0) is 19.1 Å². The maximum Gasteiger partial charge on any atom is 0.348 e. The molecule has 4 heteroatoms. The minimum atomic E-state index is -0.219. The third kappa shape index (κ3) is 2.42. The van der Waals surface area contributed by atoms with Gasteiger partial charge in [0.25, 0.3) is 0 Å². The number of hydrogen-bond acceptors (Lipinski definition) is 2. The van der Waals surface area contributed by atoms with E-state index in [0.29, 0.717) is 6.61 Å². The zero-order valence-corrected chi connectivity index (χ0v) is 10.5. The minimum absolute atomic E-state index is 0.219. The summed E-state index contributed by atoms with van der Waals surface area (Å²) in [6.45, 7) is 6.91. The van der Waals surface area contributed by atoms with Crippen LogP contribution in [-0.2, 0) is 22.6 Å². The quantitative estimate of drug-likeness (QED) is 0.456. The Morgan fingerprint density at radius 2 is 2.28 bits per heavy atom. The van der Waals surface area contributed by atoms with E-state index < -0.39 is 0 Å². The lowest BCUT2D eigenvalue weighted by atomic mass is 10.3. The van der Waals surface area contributed by atoms with Crippen LogP contribution in [0.1, 0.15) is 6.92 Å². The maximum atomic E-state index is 11.6. The first-order chi connectivity index (χ1) is 8.76. The van der Waals surface area contributed by atoms with Gasteiger partial charge in [-0.2, -0.15) is 0 Å². The number of fused-ring (bicyclic) bond motifs is 1. The van der Waals surface area contributed by atoms with Crippen molar-refractivity contribution in [3.05, 3.63) is 43.2 Å². The number of rotatable bonds is 5. The fourth-order valence-corrected chi connectivity index (χ4v) is 2.00. The van der Waals surface area contributed by atoms with Crippen molar-refractivity contribution in [1.82, 2.24) is 4.57 Å². The molecule has 4 nitrogen and oxygen atoms in total. The van der Waals surface area contributed by atoms with Gasteiger partial charge in [0.15, 0.2) is 17.6 Å². The second kappa shape index (κ2) is 5.49. The normalized spacial score (nSPS) is 10.5. The molecule has 0 fully saturated rings. The molecule has 0 saturated heterocycles. The lowest BCUT2D eigenvalue weighted by Crippen LogP contribution is -2.37. The number of para-hydroxylation sites is 2. The third-order valence-corrected chi connectivity index (χ3v) is 2.71. The number of benzene rings is 1. The van der Waals surface area contributed by atoms with E-state index in [9.17, 15) is 4.79 Å². The van der Waals surface area contributed by atoms with Crippen LogP contribution in [-0.4, -0.2) is 17.1 Å². The van der Waals surface area contributed by atoms with Crippen LogP contribution in [0.2, 0.25) is 0 Å². The van der Waals surface area contributed by atoms with E-state index >= 15 is 0 Å². The summed E-state index contributed by atoms with van der Waals surface area (Å²) >= 11 is 0. The monoisotopic (exact) mass is 245 g/mol. The lowest BCUT2D eigenvalue weighted by Gasteiger charge is -1.98. The molecule has 0 aliphatic rings. The van der Waals surface area contributed by atoms with Crippen LogP contribution in [0.3, 0.4) is 0 Å². The Morgan fingerprint density at radius 1 is 1.50 bits per heavy atom. The van der Waals surface area contributed by atoms with E-state index in [1.807, 2.05) is 48.2 Å². The topological polar surface area (TPSA) is 35.1 Å². The smallest absolute Gasteiger partial charge is 0.348 e. The first kappa shape index (κ1) is 12.4. The molecule has 0 atom stereocenters. The standard InChI is InChI=1S/C14H17N2O2/c1-3-9-15-11-16(10-14(17)18-4-2)13-8-6-5-7-12(13)15/h3,5-8,11H,1,4,9-10H2,2H3/q+1. The number of allylic oxidation sites excluding steroid dienone is 1. The molecule has 18 heavy (non-hydrogen) atoms. The second-order valence-electron chi connectivity index (χ2n) is 3.98. The third-order valence-electron chi connectivity index (χ3n) is 2.71. The number of aromatic nitrogens is 2. The molecule has 1 aromatic carbocycles. The molecule has 2 rings (SSSR count). The van der Waals surface area contributed by atoms with Crippen molar-refractivity contribution < 1.29 is 14.1 Å². The van der Waals surface area contributed by atoms with Gasteiger partial charge >= 0.3 is 5.97 Å². The van der Waals surface area contributed by atoms with Crippen LogP contribution < -0.4 is 4.57 Å². The number of nitrogens with zero attached hydrogens (tertiary/aromatic N) is 2. The van der Waals surface area contributed by atoms with Gasteiger partial charge < -0.3 is 4.74 Å². The molecule has 0 spiro atoms. The fraction of sp³-hybridized carbons (Fsp3) is 0.286. The van der Waals surface area contributed by atoms with Crippen molar-refractivity contribution in [3.8, 4) is 0 Å². The van der Waals surface area contributed by atoms with Crippen molar-refractivity contribution >= 4 is 17.0 Å². The van der Waals surface area contributed by atoms with E-state index in [0.717, 1.165) is 17.6 Å². The first-order valence-electron chi connectivity index (χ1n) is 6.00. The SMILES string of the molecule is C=CCn1c[n+](CC(=O)OCC)c2ccccc21. The Balaban J connectivity index is 2.38. The number of carbonyl (C=O) groups excluding carboxylic acids is 1. The highest BCUT2D eigenvalue weighted by molar-refractivity contribution is 5.73. The van der Waals surface area contributed by atoms with Gasteiger partial charge in [-0.1, -0.05) is 24.8 Å². The van der Waals surface area contributed by atoms with Crippen molar-refractivity contribution in [2.45, 2.75) is 20.0 Å². The average molecular weight is 245 g/mol. The highest BCUT2D eigenvalue weighted by Crippen LogP contribution is 2.10. The molecule has 0 N–H and O–H groups in total. The van der Waals surface area contributed by atoms with Crippen LogP contribution in [0, 0.1) is 0 Å². The summed E-state index contributed by atoms with van der Waals surface area (Å²) in [5.74, 6) is -0.219. The molecule has 94 valence electrons. The number of esters is 1. The molecule has 0 amide bonds. The van der Waals surface area contributed by atoms with Crippen LogP contribution in [0.25, 0.3) is 11.0 Å². The van der Waals surface area contributed by atoms with Crippen molar-refractivity contribution in [3.63, 3.8) is 0 Å². The van der Waals surface area contributed by atoms with Crippen molar-refractivity contribution in [1.29, 1.82) is 0 Å². The van der Waals surface area contributed by atoms with Crippen molar-refractivity contribution in [2.75, 3.05) is 6.61 Å². The summed E-state index contributed by atoms with van der Waals surface area (Å²) in [5, 5.41) is 0. The summed E-state index contributed by atoms with van der Waals surface area (Å²) in [6.07, 6.45) is 3.75. The van der Waals surface area contributed by atoms with E-state index in [2.05, 4.69) is 11.1 Å². The largest absolute Gasteiger partial charge is 0.463 e. The highest BCUT2D eigenvalue weighted by atomic mass is 16.5. The summed E-state index contributed by atoms with van der Waals surface area (Å²) in [4.78, 5) is 11.6. The van der Waals surface area contributed by atoms with Crippen LogP contribution in [0.4, 0.5) is 0 Å². The Hall–Kier alpha value is -2.10. The number of ether oxygens (including phenoxy) is 1. The van der Waals surface area contributed by atoms with Gasteiger partial charge in [0.1, 0.15) is 6.54 Å². The highest BCUT2D eigenvalue weighted by Gasteiger charge is 2.17. The molecule has 0 unspecified atom stereocenters. The van der Waals surface area contributed by atoms with E-state index in [-0.39, 0.29) is 12.5 Å². The van der Waals surface area contributed by atoms with Crippen LogP contribution in [0.5, 0.6) is 0 Å². The second-order valence-corrected chi connectivity index (χ2v) is 3.98. The molecular weight excluding hydrogens is 228 g/mol. The maximum absolute atomic E-state index is 11.6. The van der Waals surface area contributed by atoms with E-state index in [1.54, 1.807) is 0 Å².